The Balaban J connectivity index is 2.21. The zero-order chi connectivity index (χ0) is 9.31. The van der Waals surface area contributed by atoms with Gasteiger partial charge in [-0.25, -0.2) is 0 Å². The van der Waals surface area contributed by atoms with E-state index in [9.17, 15) is 0 Å². The fourth-order valence-electron chi connectivity index (χ4n) is 1.72. The van der Waals surface area contributed by atoms with Crippen LogP contribution in [0.15, 0.2) is 11.4 Å². The topological polar surface area (TPSA) is 49.8 Å². The molecular formula is C10H12N2S. The molecule has 2 N–H and O–H groups in total. The maximum atomic E-state index is 8.70. The van der Waals surface area contributed by atoms with Crippen molar-refractivity contribution in [2.45, 2.75) is 24.7 Å². The van der Waals surface area contributed by atoms with Gasteiger partial charge in [-0.3, -0.25) is 0 Å². The lowest BCUT2D eigenvalue weighted by atomic mass is 10.0. The molecule has 1 fully saturated rings. The van der Waals surface area contributed by atoms with Gasteiger partial charge in [-0.2, -0.15) is 5.26 Å². The molecule has 0 radical (unpaired) electrons. The molecule has 13 heavy (non-hydrogen) atoms. The van der Waals surface area contributed by atoms with Crippen molar-refractivity contribution in [1.29, 1.82) is 5.26 Å². The smallest absolute Gasteiger partial charge is 0.100 e. The van der Waals surface area contributed by atoms with Crippen LogP contribution in [0.25, 0.3) is 0 Å². The minimum atomic E-state index is 0.356. The standard InChI is InChI=1S/C10H12N2S/c11-4-3-10(1-2-10)9-5-8(6-12)7-13-9/h5,7H,1-4,11H2. The summed E-state index contributed by atoms with van der Waals surface area (Å²) in [4.78, 5) is 1.36. The van der Waals surface area contributed by atoms with Gasteiger partial charge in [0.1, 0.15) is 6.07 Å². The van der Waals surface area contributed by atoms with Gasteiger partial charge in [0.05, 0.1) is 5.56 Å². The predicted octanol–water partition coefficient (Wildman–Crippen LogP) is 2.00. The van der Waals surface area contributed by atoms with Crippen LogP contribution in [0, 0.1) is 11.3 Å². The van der Waals surface area contributed by atoms with E-state index in [0.29, 0.717) is 5.41 Å². The first kappa shape index (κ1) is 8.74. The molecule has 2 nitrogen and oxygen atoms in total. The number of nitriles is 1. The SMILES string of the molecule is N#Cc1csc(C2(CCN)CC2)c1. The van der Waals surface area contributed by atoms with Crippen LogP contribution < -0.4 is 5.73 Å². The van der Waals surface area contributed by atoms with Crippen LogP contribution in [-0.4, -0.2) is 6.54 Å². The Kier molecular flexibility index (Phi) is 2.10. The van der Waals surface area contributed by atoms with Gasteiger partial charge in [0.25, 0.3) is 0 Å². The fourth-order valence-corrected chi connectivity index (χ4v) is 2.85. The third-order valence-corrected chi connectivity index (χ3v) is 3.90. The Bertz CT molecular complexity index is 344. The van der Waals surface area contributed by atoms with Crippen LogP contribution in [0.4, 0.5) is 0 Å². The van der Waals surface area contributed by atoms with E-state index < -0.39 is 0 Å². The summed E-state index contributed by atoms with van der Waals surface area (Å²) in [6.07, 6.45) is 3.56. The summed E-state index contributed by atoms with van der Waals surface area (Å²) >= 11 is 1.71. The van der Waals surface area contributed by atoms with E-state index in [2.05, 4.69) is 6.07 Å². The molecule has 0 aromatic carbocycles. The Morgan fingerprint density at radius 2 is 2.38 bits per heavy atom. The number of nitrogens with zero attached hydrogens (tertiary/aromatic N) is 1. The fraction of sp³-hybridized carbons (Fsp3) is 0.500. The second-order valence-corrected chi connectivity index (χ2v) is 4.54. The van der Waals surface area contributed by atoms with E-state index in [1.165, 1.54) is 17.7 Å². The summed E-state index contributed by atoms with van der Waals surface area (Å²) in [7, 11) is 0. The normalized spacial score (nSPS) is 18.2. The maximum absolute atomic E-state index is 8.70. The van der Waals surface area contributed by atoms with Gasteiger partial charge in [0.15, 0.2) is 0 Å². The molecule has 0 amide bonds. The molecule has 0 atom stereocenters. The number of hydrogen-bond acceptors (Lipinski definition) is 3. The van der Waals surface area contributed by atoms with Crippen LogP contribution in [0.5, 0.6) is 0 Å². The van der Waals surface area contributed by atoms with Gasteiger partial charge >= 0.3 is 0 Å². The predicted molar refractivity (Wildman–Crippen MR) is 53.6 cm³/mol. The number of nitrogens with two attached hydrogens (primary N) is 1. The molecule has 0 spiro atoms. The summed E-state index contributed by atoms with van der Waals surface area (Å²) < 4.78 is 0. The Hall–Kier alpha value is -0.850. The van der Waals surface area contributed by atoms with E-state index in [4.69, 9.17) is 11.0 Å². The van der Waals surface area contributed by atoms with Crippen molar-refractivity contribution in [2.24, 2.45) is 5.73 Å². The molecule has 0 bridgehead atoms. The third-order valence-electron chi connectivity index (χ3n) is 2.73. The third kappa shape index (κ3) is 1.48. The molecule has 0 unspecified atom stereocenters. The van der Waals surface area contributed by atoms with Crippen molar-refractivity contribution < 1.29 is 0 Å². The first-order chi connectivity index (χ1) is 6.30. The quantitative estimate of drug-likeness (QED) is 0.796. The van der Waals surface area contributed by atoms with Gasteiger partial charge in [-0.1, -0.05) is 0 Å². The molecule has 0 aliphatic heterocycles. The average molecular weight is 192 g/mol. The zero-order valence-electron chi connectivity index (χ0n) is 7.42. The van der Waals surface area contributed by atoms with Crippen molar-refractivity contribution in [2.75, 3.05) is 6.54 Å². The van der Waals surface area contributed by atoms with Gasteiger partial charge in [-0.15, -0.1) is 11.3 Å². The van der Waals surface area contributed by atoms with Crippen molar-refractivity contribution >= 4 is 11.3 Å². The minimum absolute atomic E-state index is 0.356. The number of thiophene rings is 1. The first-order valence-electron chi connectivity index (χ1n) is 4.50. The lowest BCUT2D eigenvalue weighted by Crippen LogP contribution is -2.11. The molecule has 1 aliphatic rings. The molecule has 1 aromatic rings. The molecule has 1 aliphatic carbocycles. The number of hydrogen-bond donors (Lipinski definition) is 1. The highest BCUT2D eigenvalue weighted by Crippen LogP contribution is 2.52. The van der Waals surface area contributed by atoms with Crippen molar-refractivity contribution in [3.8, 4) is 6.07 Å². The van der Waals surface area contributed by atoms with Crippen LogP contribution in [0.1, 0.15) is 29.7 Å². The van der Waals surface area contributed by atoms with Crippen molar-refractivity contribution in [3.63, 3.8) is 0 Å². The Morgan fingerprint density at radius 3 is 2.85 bits per heavy atom. The van der Waals surface area contributed by atoms with E-state index in [1.54, 1.807) is 11.3 Å². The van der Waals surface area contributed by atoms with E-state index >= 15 is 0 Å². The lowest BCUT2D eigenvalue weighted by Gasteiger charge is -2.10. The van der Waals surface area contributed by atoms with Gasteiger partial charge < -0.3 is 5.73 Å². The number of rotatable bonds is 3. The van der Waals surface area contributed by atoms with Crippen molar-refractivity contribution in [1.82, 2.24) is 0 Å². The van der Waals surface area contributed by atoms with Gasteiger partial charge in [0.2, 0.25) is 0 Å². The molecule has 1 heterocycles. The summed E-state index contributed by atoms with van der Waals surface area (Å²) in [5, 5.41) is 10.6. The Morgan fingerprint density at radius 1 is 1.62 bits per heavy atom. The minimum Gasteiger partial charge on any atom is -0.330 e. The summed E-state index contributed by atoms with van der Waals surface area (Å²) in [6.45, 7) is 0.750. The average Bonchev–Trinajstić information content (AvgIpc) is 2.78. The molecule has 0 saturated heterocycles. The second kappa shape index (κ2) is 3.13. The first-order valence-corrected chi connectivity index (χ1v) is 5.38. The zero-order valence-corrected chi connectivity index (χ0v) is 8.23. The van der Waals surface area contributed by atoms with E-state index in [0.717, 1.165) is 18.5 Å². The van der Waals surface area contributed by atoms with E-state index in [1.807, 2.05) is 11.4 Å². The molecule has 2 rings (SSSR count). The Labute approximate surface area is 82.0 Å². The van der Waals surface area contributed by atoms with Crippen LogP contribution in [0.2, 0.25) is 0 Å². The summed E-state index contributed by atoms with van der Waals surface area (Å²) in [5.41, 5.74) is 6.72. The lowest BCUT2D eigenvalue weighted by molar-refractivity contribution is 0.640. The maximum Gasteiger partial charge on any atom is 0.100 e. The summed E-state index contributed by atoms with van der Waals surface area (Å²) in [5.74, 6) is 0. The monoisotopic (exact) mass is 192 g/mol. The largest absolute Gasteiger partial charge is 0.330 e. The van der Waals surface area contributed by atoms with E-state index in [-0.39, 0.29) is 0 Å². The van der Waals surface area contributed by atoms with Crippen LogP contribution >= 0.6 is 11.3 Å². The highest BCUT2D eigenvalue weighted by atomic mass is 32.1. The second-order valence-electron chi connectivity index (χ2n) is 3.63. The molecular weight excluding hydrogens is 180 g/mol. The summed E-state index contributed by atoms with van der Waals surface area (Å²) in [6, 6.07) is 4.19. The highest BCUT2D eigenvalue weighted by molar-refractivity contribution is 7.10. The molecule has 1 aromatic heterocycles. The van der Waals surface area contributed by atoms with Crippen LogP contribution in [0.3, 0.4) is 0 Å². The molecule has 3 heteroatoms. The van der Waals surface area contributed by atoms with Gasteiger partial charge in [0, 0.05) is 15.7 Å². The van der Waals surface area contributed by atoms with Gasteiger partial charge in [-0.05, 0) is 31.9 Å². The van der Waals surface area contributed by atoms with Crippen molar-refractivity contribution in [3.05, 3.63) is 21.9 Å². The molecule has 68 valence electrons. The molecule has 1 saturated carbocycles. The highest BCUT2D eigenvalue weighted by Gasteiger charge is 2.44. The van der Waals surface area contributed by atoms with Crippen LogP contribution in [-0.2, 0) is 5.41 Å².